The molecule has 0 atom stereocenters. The number of carbonyl (C=O) groups excluding carboxylic acids is 1. The van der Waals surface area contributed by atoms with E-state index in [1.165, 1.54) is 23.1 Å². The number of nitrogens with zero attached hydrogens (tertiary/aromatic N) is 4. The number of halogens is 3. The number of carbonyl (C=O) groups is 1. The molecule has 0 radical (unpaired) electrons. The number of piperidine rings is 1. The number of aromatic nitrogens is 2. The van der Waals surface area contributed by atoms with Crippen LogP contribution in [0.5, 0.6) is 5.75 Å². The van der Waals surface area contributed by atoms with E-state index in [0.29, 0.717) is 25.4 Å². The molecule has 3 fully saturated rings. The summed E-state index contributed by atoms with van der Waals surface area (Å²) in [6, 6.07) is 9.53. The molecule has 1 saturated heterocycles. The van der Waals surface area contributed by atoms with Gasteiger partial charge in [-0.25, -0.2) is 0 Å². The molecular formula is C31H41F3N4O2. The lowest BCUT2D eigenvalue weighted by atomic mass is 9.73. The van der Waals surface area contributed by atoms with E-state index < -0.39 is 11.9 Å². The van der Waals surface area contributed by atoms with Crippen LogP contribution < -0.4 is 4.74 Å². The summed E-state index contributed by atoms with van der Waals surface area (Å²) >= 11 is 0. The van der Waals surface area contributed by atoms with Crippen molar-refractivity contribution in [2.45, 2.75) is 82.8 Å². The quantitative estimate of drug-likeness (QED) is 0.458. The normalized spacial score (nSPS) is 22.7. The smallest absolute Gasteiger partial charge is 0.435 e. The highest BCUT2D eigenvalue weighted by Crippen LogP contribution is 2.43. The lowest BCUT2D eigenvalue weighted by Gasteiger charge is -2.45. The largest absolute Gasteiger partial charge is 0.492 e. The van der Waals surface area contributed by atoms with Crippen molar-refractivity contribution in [2.24, 2.45) is 11.3 Å². The maximum atomic E-state index is 13.3. The molecule has 9 heteroatoms. The molecule has 0 bridgehead atoms. The van der Waals surface area contributed by atoms with E-state index in [1.807, 2.05) is 11.0 Å². The SMILES string of the molecule is O=C(Cn1nc(C(F)(F)F)cc1C1CC1)N1CCC2(CCCCc3ccccc3OCCN(CC3CC3)C2)CC1. The van der Waals surface area contributed by atoms with Crippen LogP contribution in [0, 0.1) is 11.3 Å². The topological polar surface area (TPSA) is 50.6 Å². The summed E-state index contributed by atoms with van der Waals surface area (Å²) in [6.07, 6.45) is 6.09. The molecule has 2 saturated carbocycles. The number of rotatable bonds is 5. The van der Waals surface area contributed by atoms with Crippen molar-refractivity contribution in [1.82, 2.24) is 19.6 Å². The Hall–Kier alpha value is -2.55. The van der Waals surface area contributed by atoms with Crippen molar-refractivity contribution in [1.29, 1.82) is 0 Å². The fourth-order valence-electron chi connectivity index (χ4n) is 6.68. The minimum absolute atomic E-state index is 0.0886. The van der Waals surface area contributed by atoms with Gasteiger partial charge in [0.2, 0.25) is 5.91 Å². The van der Waals surface area contributed by atoms with Crippen molar-refractivity contribution < 1.29 is 22.7 Å². The first-order valence-corrected chi connectivity index (χ1v) is 15.1. The zero-order valence-corrected chi connectivity index (χ0v) is 23.3. The van der Waals surface area contributed by atoms with Gasteiger partial charge in [-0.05, 0) is 86.8 Å². The van der Waals surface area contributed by atoms with Gasteiger partial charge >= 0.3 is 6.18 Å². The minimum Gasteiger partial charge on any atom is -0.492 e. The number of amides is 1. The van der Waals surface area contributed by atoms with Crippen molar-refractivity contribution in [3.8, 4) is 5.75 Å². The summed E-state index contributed by atoms with van der Waals surface area (Å²) < 4.78 is 47.6. The standard InChI is InChI=1S/C31H41F3N4O2/c32-31(33,34)28-19-26(24-10-11-24)38(35-28)21-29(39)37-15-13-30(14-16-37)12-4-3-6-25-5-1-2-7-27(25)40-18-17-36(22-30)20-23-8-9-23/h1-2,5,7,19,23-24H,3-4,6,8-18,20-22H2. The Morgan fingerprint density at radius 3 is 2.52 bits per heavy atom. The van der Waals surface area contributed by atoms with E-state index in [-0.39, 0.29) is 23.8 Å². The van der Waals surface area contributed by atoms with E-state index in [1.54, 1.807) is 0 Å². The summed E-state index contributed by atoms with van der Waals surface area (Å²) in [7, 11) is 0. The number of ether oxygens (including phenoxy) is 1. The summed E-state index contributed by atoms with van der Waals surface area (Å²) in [5.41, 5.74) is 1.09. The van der Waals surface area contributed by atoms with Crippen LogP contribution in [0.25, 0.3) is 0 Å². The van der Waals surface area contributed by atoms with Gasteiger partial charge in [0.25, 0.3) is 0 Å². The average Bonchev–Trinajstić information content (AvgIpc) is 3.86. The monoisotopic (exact) mass is 558 g/mol. The Morgan fingerprint density at radius 1 is 1.02 bits per heavy atom. The molecule has 2 aliphatic carbocycles. The number of benzene rings is 1. The molecule has 6 nitrogen and oxygen atoms in total. The van der Waals surface area contributed by atoms with E-state index in [2.05, 4.69) is 28.2 Å². The van der Waals surface area contributed by atoms with Gasteiger partial charge in [0, 0.05) is 44.3 Å². The molecular weight excluding hydrogens is 517 g/mol. The first kappa shape index (κ1) is 27.6. The highest BCUT2D eigenvalue weighted by Gasteiger charge is 2.40. The zero-order chi connectivity index (χ0) is 27.7. The molecule has 6 rings (SSSR count). The van der Waals surface area contributed by atoms with Crippen molar-refractivity contribution in [3.63, 3.8) is 0 Å². The molecule has 2 aliphatic heterocycles. The van der Waals surface area contributed by atoms with Crippen LogP contribution in [0.15, 0.2) is 30.3 Å². The predicted molar refractivity (Wildman–Crippen MR) is 146 cm³/mol. The molecule has 1 amide bonds. The molecule has 1 spiro atoms. The second-order valence-electron chi connectivity index (χ2n) is 12.6. The van der Waals surface area contributed by atoms with Crippen molar-refractivity contribution in [2.75, 3.05) is 39.3 Å². The minimum atomic E-state index is -4.50. The molecule has 4 aliphatic rings. The Bertz CT molecular complexity index is 1180. The Labute approximate surface area is 234 Å². The Morgan fingerprint density at radius 2 is 1.80 bits per heavy atom. The van der Waals surface area contributed by atoms with Gasteiger partial charge in [-0.1, -0.05) is 24.6 Å². The third-order valence-corrected chi connectivity index (χ3v) is 9.37. The van der Waals surface area contributed by atoms with Crippen LogP contribution in [0.1, 0.15) is 80.7 Å². The average molecular weight is 559 g/mol. The summed E-state index contributed by atoms with van der Waals surface area (Å²) in [6.45, 7) is 4.91. The molecule has 0 unspecified atom stereocenters. The number of hydrogen-bond acceptors (Lipinski definition) is 4. The lowest BCUT2D eigenvalue weighted by Crippen LogP contribution is -2.49. The van der Waals surface area contributed by atoms with Gasteiger partial charge < -0.3 is 9.64 Å². The Balaban J connectivity index is 1.12. The van der Waals surface area contributed by atoms with Crippen molar-refractivity contribution >= 4 is 5.91 Å². The number of para-hydroxylation sites is 1. The second kappa shape index (κ2) is 11.4. The summed E-state index contributed by atoms with van der Waals surface area (Å²) in [5, 5.41) is 3.80. The highest BCUT2D eigenvalue weighted by atomic mass is 19.4. The van der Waals surface area contributed by atoms with Crippen LogP contribution >= 0.6 is 0 Å². The van der Waals surface area contributed by atoms with Crippen LogP contribution in [0.2, 0.25) is 0 Å². The fraction of sp³-hybridized carbons (Fsp3) is 0.677. The third kappa shape index (κ3) is 6.67. The number of hydrogen-bond donors (Lipinski definition) is 0. The maximum Gasteiger partial charge on any atom is 0.435 e. The zero-order valence-electron chi connectivity index (χ0n) is 23.3. The van der Waals surface area contributed by atoms with Crippen LogP contribution in [-0.4, -0.2) is 64.8 Å². The van der Waals surface area contributed by atoms with Gasteiger partial charge in [-0.15, -0.1) is 0 Å². The highest BCUT2D eigenvalue weighted by molar-refractivity contribution is 5.76. The third-order valence-electron chi connectivity index (χ3n) is 9.37. The van der Waals surface area contributed by atoms with Gasteiger partial charge in [0.15, 0.2) is 5.69 Å². The lowest BCUT2D eigenvalue weighted by molar-refractivity contribution is -0.142. The van der Waals surface area contributed by atoms with Crippen molar-refractivity contribution in [3.05, 3.63) is 47.3 Å². The number of likely N-dealkylation sites (tertiary alicyclic amines) is 1. The fourth-order valence-corrected chi connectivity index (χ4v) is 6.68. The number of aryl methyl sites for hydroxylation is 1. The van der Waals surface area contributed by atoms with Crippen LogP contribution in [-0.2, 0) is 23.9 Å². The molecule has 218 valence electrons. The van der Waals surface area contributed by atoms with E-state index >= 15 is 0 Å². The predicted octanol–water partition coefficient (Wildman–Crippen LogP) is 5.91. The van der Waals surface area contributed by atoms with E-state index in [4.69, 9.17) is 4.74 Å². The molecule has 1 aromatic heterocycles. The van der Waals surface area contributed by atoms with E-state index in [0.717, 1.165) is 88.7 Å². The number of fused-ring (bicyclic) bond motifs is 1. The van der Waals surface area contributed by atoms with Crippen LogP contribution in [0.4, 0.5) is 13.2 Å². The van der Waals surface area contributed by atoms with Crippen LogP contribution in [0.3, 0.4) is 0 Å². The molecule has 40 heavy (non-hydrogen) atoms. The van der Waals surface area contributed by atoms with E-state index in [9.17, 15) is 18.0 Å². The molecule has 2 aromatic rings. The number of alkyl halides is 3. The van der Waals surface area contributed by atoms with Gasteiger partial charge in [-0.3, -0.25) is 14.4 Å². The Kier molecular flexibility index (Phi) is 7.85. The van der Waals surface area contributed by atoms with Gasteiger partial charge in [0.1, 0.15) is 18.9 Å². The van der Waals surface area contributed by atoms with Gasteiger partial charge in [-0.2, -0.15) is 18.3 Å². The first-order chi connectivity index (χ1) is 19.3. The molecule has 3 heterocycles. The second-order valence-corrected chi connectivity index (χ2v) is 12.6. The first-order valence-electron chi connectivity index (χ1n) is 15.1. The molecule has 0 N–H and O–H groups in total. The summed E-state index contributed by atoms with van der Waals surface area (Å²) in [4.78, 5) is 17.8. The maximum absolute atomic E-state index is 13.3. The van der Waals surface area contributed by atoms with Gasteiger partial charge in [0.05, 0.1) is 0 Å². The molecule has 1 aromatic carbocycles. The summed E-state index contributed by atoms with van der Waals surface area (Å²) in [5.74, 6) is 1.77.